The topological polar surface area (TPSA) is 83.7 Å². The number of amides is 1. The third-order valence-electron chi connectivity index (χ3n) is 7.19. The molecule has 0 unspecified atom stereocenters. The van der Waals surface area contributed by atoms with Gasteiger partial charge in [-0.25, -0.2) is 9.18 Å². The number of anilines is 1. The van der Waals surface area contributed by atoms with Crippen LogP contribution in [0.4, 0.5) is 10.1 Å². The molecule has 41 heavy (non-hydrogen) atoms. The molecule has 3 aromatic carbocycles. The van der Waals surface area contributed by atoms with Gasteiger partial charge in [-0.1, -0.05) is 25.0 Å². The van der Waals surface area contributed by atoms with Gasteiger partial charge in [-0.15, -0.1) is 0 Å². The average Bonchev–Trinajstić information content (AvgIpc) is 3.62. The molecule has 0 radical (unpaired) electrons. The molecule has 1 aliphatic rings. The fourth-order valence-electron chi connectivity index (χ4n) is 5.20. The first-order valence-corrected chi connectivity index (χ1v) is 15.1. The van der Waals surface area contributed by atoms with E-state index in [1.165, 1.54) is 25.0 Å². The predicted octanol–water partition coefficient (Wildman–Crippen LogP) is 8.07. The molecule has 5 rings (SSSR count). The number of aromatic amines is 1. The van der Waals surface area contributed by atoms with Crippen LogP contribution in [-0.2, 0) is 27.4 Å². The first-order chi connectivity index (χ1) is 19.8. The normalized spacial score (nSPS) is 13.6. The van der Waals surface area contributed by atoms with Crippen molar-refractivity contribution in [3.05, 3.63) is 86.7 Å². The van der Waals surface area contributed by atoms with Crippen molar-refractivity contribution in [1.29, 1.82) is 0 Å². The van der Waals surface area contributed by atoms with E-state index in [1.54, 1.807) is 19.1 Å². The number of hydrogen-bond acceptors (Lipinski definition) is 5. The zero-order valence-electron chi connectivity index (χ0n) is 22.5. The Bertz CT molecular complexity index is 1530. The molecule has 1 saturated carbocycles. The molecule has 10 heteroatoms. The third-order valence-corrected chi connectivity index (χ3v) is 8.37. The smallest absolute Gasteiger partial charge is 0.397 e. The van der Waals surface area contributed by atoms with Gasteiger partial charge in [-0.2, -0.15) is 0 Å². The standard InChI is InChI=1S/C31H30Br2FN3O4/c1-2-40-31(39)30(38)36-22-13-26(32)29(27(33)14-22)41-24-11-12-28-25(15-24)20(16-35-28)18-37(23-5-3-4-6-23)17-19-7-9-21(34)10-8-19/h7-16,23,35H,2-6,17-18H2,1H3,(H,36,38). The van der Waals surface area contributed by atoms with Crippen molar-refractivity contribution in [2.75, 3.05) is 11.9 Å². The second kappa shape index (κ2) is 13.2. The molecule has 0 atom stereocenters. The lowest BCUT2D eigenvalue weighted by molar-refractivity contribution is -0.152. The van der Waals surface area contributed by atoms with Crippen LogP contribution in [0.3, 0.4) is 0 Å². The maximum absolute atomic E-state index is 13.5. The number of esters is 1. The summed E-state index contributed by atoms with van der Waals surface area (Å²) in [6.07, 6.45) is 6.83. The number of aromatic nitrogens is 1. The van der Waals surface area contributed by atoms with Crippen LogP contribution < -0.4 is 10.1 Å². The molecule has 1 heterocycles. The van der Waals surface area contributed by atoms with E-state index in [1.807, 2.05) is 36.5 Å². The van der Waals surface area contributed by atoms with Gasteiger partial charge in [0.05, 0.1) is 15.6 Å². The molecule has 0 aliphatic heterocycles. The van der Waals surface area contributed by atoms with Crippen LogP contribution in [0.5, 0.6) is 11.5 Å². The van der Waals surface area contributed by atoms with E-state index in [2.05, 4.69) is 47.1 Å². The first kappa shape index (κ1) is 29.3. The van der Waals surface area contributed by atoms with Crippen LogP contribution in [-0.4, -0.2) is 34.4 Å². The Labute approximate surface area is 254 Å². The highest BCUT2D eigenvalue weighted by atomic mass is 79.9. The van der Waals surface area contributed by atoms with E-state index < -0.39 is 11.9 Å². The second-order valence-electron chi connectivity index (χ2n) is 10.0. The highest BCUT2D eigenvalue weighted by Gasteiger charge is 2.24. The van der Waals surface area contributed by atoms with Gasteiger partial charge in [0.1, 0.15) is 11.6 Å². The van der Waals surface area contributed by atoms with Crippen LogP contribution in [0.2, 0.25) is 0 Å². The maximum Gasteiger partial charge on any atom is 0.397 e. The number of nitrogens with one attached hydrogen (secondary N) is 2. The van der Waals surface area contributed by atoms with Crippen molar-refractivity contribution < 1.29 is 23.5 Å². The Hall–Kier alpha value is -3.21. The molecular weight excluding hydrogens is 657 g/mol. The summed E-state index contributed by atoms with van der Waals surface area (Å²) >= 11 is 7.03. The highest BCUT2D eigenvalue weighted by molar-refractivity contribution is 9.11. The summed E-state index contributed by atoms with van der Waals surface area (Å²) in [7, 11) is 0. The quantitative estimate of drug-likeness (QED) is 0.137. The number of hydrogen-bond donors (Lipinski definition) is 2. The Balaban J connectivity index is 1.35. The molecular formula is C31H30Br2FN3O4. The molecule has 1 fully saturated rings. The van der Waals surface area contributed by atoms with E-state index in [0.717, 1.165) is 48.0 Å². The summed E-state index contributed by atoms with van der Waals surface area (Å²) in [4.78, 5) is 29.6. The van der Waals surface area contributed by atoms with Gasteiger partial charge >= 0.3 is 11.9 Å². The van der Waals surface area contributed by atoms with Crippen LogP contribution in [0.15, 0.2) is 69.7 Å². The number of benzene rings is 3. The molecule has 1 aromatic heterocycles. The van der Waals surface area contributed by atoms with Gasteiger partial charge in [0.2, 0.25) is 0 Å². The van der Waals surface area contributed by atoms with Crippen molar-refractivity contribution in [2.24, 2.45) is 0 Å². The van der Waals surface area contributed by atoms with Gasteiger partial charge in [0.15, 0.2) is 5.75 Å². The van der Waals surface area contributed by atoms with Gasteiger partial charge in [-0.3, -0.25) is 9.69 Å². The maximum atomic E-state index is 13.5. The number of rotatable bonds is 9. The van der Waals surface area contributed by atoms with Crippen molar-refractivity contribution in [1.82, 2.24) is 9.88 Å². The number of halogens is 3. The molecule has 0 spiro atoms. The molecule has 1 aliphatic carbocycles. The fraction of sp³-hybridized carbons (Fsp3) is 0.290. The summed E-state index contributed by atoms with van der Waals surface area (Å²) in [5.74, 6) is -0.844. The van der Waals surface area contributed by atoms with Crippen LogP contribution in [0.25, 0.3) is 10.9 Å². The largest absolute Gasteiger partial charge is 0.459 e. The van der Waals surface area contributed by atoms with Crippen molar-refractivity contribution >= 4 is 60.3 Å². The zero-order chi connectivity index (χ0) is 28.9. The van der Waals surface area contributed by atoms with E-state index >= 15 is 0 Å². The molecule has 2 N–H and O–H groups in total. The summed E-state index contributed by atoms with van der Waals surface area (Å²) in [6, 6.07) is 16.5. The Morgan fingerprint density at radius 2 is 1.73 bits per heavy atom. The summed E-state index contributed by atoms with van der Waals surface area (Å²) in [5.41, 5.74) is 3.68. The van der Waals surface area contributed by atoms with E-state index in [9.17, 15) is 14.0 Å². The summed E-state index contributed by atoms with van der Waals surface area (Å²) < 4.78 is 25.7. The summed E-state index contributed by atoms with van der Waals surface area (Å²) in [6.45, 7) is 3.27. The highest BCUT2D eigenvalue weighted by Crippen LogP contribution is 2.40. The van der Waals surface area contributed by atoms with Crippen molar-refractivity contribution in [3.63, 3.8) is 0 Å². The lowest BCUT2D eigenvalue weighted by Crippen LogP contribution is -2.32. The minimum atomic E-state index is -0.945. The zero-order valence-corrected chi connectivity index (χ0v) is 25.7. The lowest BCUT2D eigenvalue weighted by Gasteiger charge is -2.29. The SMILES string of the molecule is CCOC(=O)C(=O)Nc1cc(Br)c(Oc2ccc3[nH]cc(CN(Cc4ccc(F)cc4)C4CCCC4)c3c2)c(Br)c1. The number of nitrogens with zero attached hydrogens (tertiary/aromatic N) is 1. The van der Waals surface area contributed by atoms with Crippen molar-refractivity contribution in [2.45, 2.75) is 51.7 Å². The molecule has 4 aromatic rings. The Kier molecular flexibility index (Phi) is 9.42. The predicted molar refractivity (Wildman–Crippen MR) is 163 cm³/mol. The molecule has 0 bridgehead atoms. The van der Waals surface area contributed by atoms with Gasteiger partial charge in [-0.05, 0) is 105 Å². The minimum absolute atomic E-state index is 0.118. The number of ether oxygens (including phenoxy) is 2. The fourth-order valence-corrected chi connectivity index (χ4v) is 6.55. The molecule has 0 saturated heterocycles. The molecule has 214 valence electrons. The Morgan fingerprint density at radius 3 is 2.41 bits per heavy atom. The van der Waals surface area contributed by atoms with E-state index in [0.29, 0.717) is 32.2 Å². The Morgan fingerprint density at radius 1 is 1.02 bits per heavy atom. The monoisotopic (exact) mass is 685 g/mol. The second-order valence-corrected chi connectivity index (χ2v) is 11.7. The van der Waals surface area contributed by atoms with Gasteiger partial charge in [0.25, 0.3) is 0 Å². The number of carbonyl (C=O) groups excluding carboxylic acids is 2. The first-order valence-electron chi connectivity index (χ1n) is 13.5. The van der Waals surface area contributed by atoms with Gasteiger partial charge in [0, 0.05) is 41.9 Å². The third kappa shape index (κ3) is 7.17. The lowest BCUT2D eigenvalue weighted by atomic mass is 10.1. The van der Waals surface area contributed by atoms with E-state index in [4.69, 9.17) is 9.47 Å². The van der Waals surface area contributed by atoms with E-state index in [-0.39, 0.29) is 12.4 Å². The molecule has 1 amide bonds. The van der Waals surface area contributed by atoms with Crippen LogP contribution in [0.1, 0.15) is 43.7 Å². The minimum Gasteiger partial charge on any atom is -0.459 e. The molecule has 7 nitrogen and oxygen atoms in total. The van der Waals surface area contributed by atoms with Crippen LogP contribution >= 0.6 is 31.9 Å². The van der Waals surface area contributed by atoms with Crippen molar-refractivity contribution in [3.8, 4) is 11.5 Å². The summed E-state index contributed by atoms with van der Waals surface area (Å²) in [5, 5.41) is 3.60. The average molecular weight is 687 g/mol. The number of carbonyl (C=O) groups is 2. The number of H-pyrrole nitrogens is 1. The number of fused-ring (bicyclic) bond motifs is 1. The van der Waals surface area contributed by atoms with Crippen LogP contribution in [0, 0.1) is 5.82 Å². The van der Waals surface area contributed by atoms with Gasteiger partial charge < -0.3 is 19.8 Å².